The number of nitrogens with one attached hydrogen (secondary N) is 1. The molecule has 104 valence electrons. The van der Waals surface area contributed by atoms with Crippen LogP contribution in [0.3, 0.4) is 0 Å². The fourth-order valence-electron chi connectivity index (χ4n) is 2.14. The maximum atomic E-state index is 12.4. The minimum atomic E-state index is -0.133. The van der Waals surface area contributed by atoms with Gasteiger partial charge in [0.25, 0.3) is 5.91 Å². The van der Waals surface area contributed by atoms with E-state index in [9.17, 15) is 4.79 Å². The predicted molar refractivity (Wildman–Crippen MR) is 84.3 cm³/mol. The zero-order chi connectivity index (χ0) is 14.5. The molecule has 3 rings (SSSR count). The number of aromatic nitrogens is 1. The van der Waals surface area contributed by atoms with Crippen LogP contribution in [0.25, 0.3) is 0 Å². The molecule has 0 spiro atoms. The molecule has 2 heterocycles. The first-order valence-electron chi connectivity index (χ1n) is 6.64. The van der Waals surface area contributed by atoms with Gasteiger partial charge in [-0.2, -0.15) is 0 Å². The molecule has 1 aromatic carbocycles. The van der Waals surface area contributed by atoms with Crippen LogP contribution in [-0.2, 0) is 0 Å². The van der Waals surface area contributed by atoms with Crippen molar-refractivity contribution in [2.45, 2.75) is 6.04 Å². The summed E-state index contributed by atoms with van der Waals surface area (Å²) in [6.45, 7) is 0. The largest absolute Gasteiger partial charge is 0.340 e. The quantitative estimate of drug-likeness (QED) is 0.798. The summed E-state index contributed by atoms with van der Waals surface area (Å²) in [5.74, 6) is -0.0975. The van der Waals surface area contributed by atoms with Gasteiger partial charge in [0.05, 0.1) is 6.04 Å². The second-order valence-corrected chi connectivity index (χ2v) is 5.55. The molecule has 0 radical (unpaired) electrons. The van der Waals surface area contributed by atoms with E-state index in [1.54, 1.807) is 35.9 Å². The van der Waals surface area contributed by atoms with Crippen molar-refractivity contribution >= 4 is 17.2 Å². The standard InChI is InChI=1S/C17H14N2OS/c20-17(14-8-10-18-11-9-14)19-16(15-7-4-12-21-15)13-5-2-1-3-6-13/h1-12,16H,(H,19,20)/t16-/m1/s1. The second kappa shape index (κ2) is 6.33. The number of nitrogens with zero attached hydrogens (tertiary/aromatic N) is 1. The smallest absolute Gasteiger partial charge is 0.252 e. The molecule has 1 atom stereocenters. The van der Waals surface area contributed by atoms with Crippen LogP contribution in [0.1, 0.15) is 26.8 Å². The Morgan fingerprint density at radius 2 is 1.76 bits per heavy atom. The van der Waals surface area contributed by atoms with Crippen molar-refractivity contribution in [1.82, 2.24) is 10.3 Å². The van der Waals surface area contributed by atoms with Gasteiger partial charge in [-0.05, 0) is 29.1 Å². The van der Waals surface area contributed by atoms with Gasteiger partial charge >= 0.3 is 0 Å². The van der Waals surface area contributed by atoms with Crippen molar-refractivity contribution in [1.29, 1.82) is 0 Å². The summed E-state index contributed by atoms with van der Waals surface area (Å²) in [4.78, 5) is 17.4. The number of pyridine rings is 1. The Balaban J connectivity index is 1.89. The van der Waals surface area contributed by atoms with E-state index in [0.717, 1.165) is 10.4 Å². The monoisotopic (exact) mass is 294 g/mol. The second-order valence-electron chi connectivity index (χ2n) is 4.57. The highest BCUT2D eigenvalue weighted by molar-refractivity contribution is 7.10. The Morgan fingerprint density at radius 3 is 2.43 bits per heavy atom. The molecular weight excluding hydrogens is 280 g/mol. The third kappa shape index (κ3) is 3.17. The van der Waals surface area contributed by atoms with Crippen LogP contribution >= 0.6 is 11.3 Å². The SMILES string of the molecule is O=C(N[C@H](c1ccccc1)c1cccs1)c1ccncc1. The van der Waals surface area contributed by atoms with Gasteiger partial charge in [0.15, 0.2) is 0 Å². The molecule has 0 unspecified atom stereocenters. The zero-order valence-electron chi connectivity index (χ0n) is 11.3. The van der Waals surface area contributed by atoms with Crippen molar-refractivity contribution < 1.29 is 4.79 Å². The van der Waals surface area contributed by atoms with Crippen LogP contribution in [0.15, 0.2) is 72.4 Å². The molecule has 0 bridgehead atoms. The fraction of sp³-hybridized carbons (Fsp3) is 0.0588. The van der Waals surface area contributed by atoms with E-state index in [4.69, 9.17) is 0 Å². The van der Waals surface area contributed by atoms with E-state index < -0.39 is 0 Å². The molecule has 1 N–H and O–H groups in total. The van der Waals surface area contributed by atoms with Gasteiger partial charge in [0.2, 0.25) is 0 Å². The summed E-state index contributed by atoms with van der Waals surface area (Å²) in [5, 5.41) is 5.11. The van der Waals surface area contributed by atoms with E-state index in [2.05, 4.69) is 10.3 Å². The van der Waals surface area contributed by atoms with E-state index in [-0.39, 0.29) is 11.9 Å². The maximum Gasteiger partial charge on any atom is 0.252 e. The Morgan fingerprint density at radius 1 is 1.00 bits per heavy atom. The van der Waals surface area contributed by atoms with Gasteiger partial charge in [0.1, 0.15) is 0 Å². The highest BCUT2D eigenvalue weighted by Crippen LogP contribution is 2.26. The molecular formula is C17H14N2OS. The van der Waals surface area contributed by atoms with Crippen molar-refractivity contribution in [3.05, 3.63) is 88.4 Å². The number of amides is 1. The fourth-order valence-corrected chi connectivity index (χ4v) is 2.94. The number of hydrogen-bond acceptors (Lipinski definition) is 3. The molecule has 0 aliphatic heterocycles. The molecule has 0 aliphatic rings. The van der Waals surface area contributed by atoms with Crippen molar-refractivity contribution in [3.8, 4) is 0 Å². The van der Waals surface area contributed by atoms with Crippen molar-refractivity contribution in [3.63, 3.8) is 0 Å². The molecule has 0 aliphatic carbocycles. The summed E-state index contributed by atoms with van der Waals surface area (Å²) in [6.07, 6.45) is 3.25. The highest BCUT2D eigenvalue weighted by Gasteiger charge is 2.18. The highest BCUT2D eigenvalue weighted by atomic mass is 32.1. The van der Waals surface area contributed by atoms with Crippen LogP contribution in [0.2, 0.25) is 0 Å². The molecule has 0 fully saturated rings. The van der Waals surface area contributed by atoms with E-state index in [1.807, 2.05) is 47.8 Å². The van der Waals surface area contributed by atoms with Crippen LogP contribution in [0.4, 0.5) is 0 Å². The summed E-state index contributed by atoms with van der Waals surface area (Å²) in [6, 6.07) is 17.3. The lowest BCUT2D eigenvalue weighted by Crippen LogP contribution is -2.28. The Hall–Kier alpha value is -2.46. The molecule has 4 heteroatoms. The average Bonchev–Trinajstić information content (AvgIpc) is 3.08. The molecule has 0 saturated heterocycles. The van der Waals surface area contributed by atoms with Gasteiger partial charge in [-0.15, -0.1) is 11.3 Å². The minimum absolute atomic E-state index is 0.0975. The predicted octanol–water partition coefficient (Wildman–Crippen LogP) is 3.66. The third-order valence-corrected chi connectivity index (χ3v) is 4.12. The lowest BCUT2D eigenvalue weighted by Gasteiger charge is -2.18. The topological polar surface area (TPSA) is 42.0 Å². The Labute approximate surface area is 127 Å². The van der Waals surface area contributed by atoms with Crippen LogP contribution in [0.5, 0.6) is 0 Å². The van der Waals surface area contributed by atoms with Crippen LogP contribution in [0, 0.1) is 0 Å². The number of thiophene rings is 1. The Kier molecular flexibility index (Phi) is 4.07. The number of hydrogen-bond donors (Lipinski definition) is 1. The van der Waals surface area contributed by atoms with Gasteiger partial charge in [-0.25, -0.2) is 0 Å². The Bertz CT molecular complexity index is 696. The molecule has 1 amide bonds. The van der Waals surface area contributed by atoms with E-state index >= 15 is 0 Å². The number of carbonyl (C=O) groups is 1. The zero-order valence-corrected chi connectivity index (χ0v) is 12.1. The van der Waals surface area contributed by atoms with Crippen LogP contribution in [-0.4, -0.2) is 10.9 Å². The summed E-state index contributed by atoms with van der Waals surface area (Å²) in [5.41, 5.74) is 1.69. The maximum absolute atomic E-state index is 12.4. The van der Waals surface area contributed by atoms with E-state index in [0.29, 0.717) is 5.56 Å². The molecule has 0 saturated carbocycles. The first-order valence-corrected chi connectivity index (χ1v) is 7.52. The molecule has 3 nitrogen and oxygen atoms in total. The number of rotatable bonds is 4. The summed E-state index contributed by atoms with van der Waals surface area (Å²) < 4.78 is 0. The molecule has 2 aromatic heterocycles. The van der Waals surface area contributed by atoms with Gasteiger partial charge in [-0.1, -0.05) is 36.4 Å². The van der Waals surface area contributed by atoms with E-state index in [1.165, 1.54) is 0 Å². The normalized spacial score (nSPS) is 11.8. The lowest BCUT2D eigenvalue weighted by molar-refractivity contribution is 0.0943. The molecule has 3 aromatic rings. The third-order valence-electron chi connectivity index (χ3n) is 3.18. The lowest BCUT2D eigenvalue weighted by atomic mass is 10.0. The van der Waals surface area contributed by atoms with Gasteiger partial charge < -0.3 is 5.32 Å². The van der Waals surface area contributed by atoms with Crippen LogP contribution < -0.4 is 5.32 Å². The van der Waals surface area contributed by atoms with Gasteiger partial charge in [0, 0.05) is 22.8 Å². The molecule has 21 heavy (non-hydrogen) atoms. The first-order chi connectivity index (χ1) is 10.3. The summed E-state index contributed by atoms with van der Waals surface area (Å²) in [7, 11) is 0. The summed E-state index contributed by atoms with van der Waals surface area (Å²) >= 11 is 1.64. The van der Waals surface area contributed by atoms with Crippen molar-refractivity contribution in [2.75, 3.05) is 0 Å². The van der Waals surface area contributed by atoms with Crippen molar-refractivity contribution in [2.24, 2.45) is 0 Å². The number of benzene rings is 1. The number of carbonyl (C=O) groups excluding carboxylic acids is 1. The van der Waals surface area contributed by atoms with Gasteiger partial charge in [-0.3, -0.25) is 9.78 Å². The average molecular weight is 294 g/mol. The first kappa shape index (κ1) is 13.5. The minimum Gasteiger partial charge on any atom is -0.340 e.